The summed E-state index contributed by atoms with van der Waals surface area (Å²) in [4.78, 5) is 0. The first-order chi connectivity index (χ1) is 11.0. The molecule has 0 bridgehead atoms. The zero-order chi connectivity index (χ0) is 16.6. The molecule has 0 saturated heterocycles. The van der Waals surface area contributed by atoms with Crippen LogP contribution in [0.3, 0.4) is 0 Å². The van der Waals surface area contributed by atoms with E-state index in [0.29, 0.717) is 0 Å². The van der Waals surface area contributed by atoms with Crippen LogP contribution in [0.4, 0.5) is 0 Å². The number of hydrogen-bond acceptors (Lipinski definition) is 0. The quantitative estimate of drug-likeness (QED) is 0.462. The van der Waals surface area contributed by atoms with Crippen LogP contribution in [0.1, 0.15) is 93.8 Å². The van der Waals surface area contributed by atoms with Crippen molar-refractivity contribution < 1.29 is 1.43 Å². The Morgan fingerprint density at radius 3 is 1.96 bits per heavy atom. The fraction of sp³-hybridized carbons (Fsp3) is 0.913. The molecule has 3 rings (SSSR count). The van der Waals surface area contributed by atoms with Gasteiger partial charge < -0.3 is 0 Å². The highest BCUT2D eigenvalue weighted by Gasteiger charge is 2.35. The van der Waals surface area contributed by atoms with Crippen molar-refractivity contribution in [2.45, 2.75) is 92.4 Å². The van der Waals surface area contributed by atoms with E-state index in [-0.39, 0.29) is 1.43 Å². The van der Waals surface area contributed by atoms with E-state index < -0.39 is 0 Å². The van der Waals surface area contributed by atoms with Crippen LogP contribution in [0.5, 0.6) is 0 Å². The maximum absolute atomic E-state index is 2.50. The van der Waals surface area contributed by atoms with Crippen LogP contribution in [0.15, 0.2) is 11.1 Å². The summed E-state index contributed by atoms with van der Waals surface area (Å²) in [6, 6.07) is 0. The summed E-state index contributed by atoms with van der Waals surface area (Å²) in [5.74, 6) is 6.74. The highest BCUT2D eigenvalue weighted by atomic mass is 14.4. The van der Waals surface area contributed by atoms with Gasteiger partial charge in [-0.1, -0.05) is 51.7 Å². The van der Waals surface area contributed by atoms with E-state index in [4.69, 9.17) is 0 Å². The molecule has 0 spiro atoms. The zero-order valence-corrected chi connectivity index (χ0v) is 16.4. The average Bonchev–Trinajstić information content (AvgIpc) is 2.53. The molecule has 3 unspecified atom stereocenters. The van der Waals surface area contributed by atoms with Crippen LogP contribution in [-0.4, -0.2) is 0 Å². The third kappa shape index (κ3) is 3.88. The minimum atomic E-state index is 0. The van der Waals surface area contributed by atoms with Gasteiger partial charge in [-0.05, 0) is 93.3 Å². The van der Waals surface area contributed by atoms with E-state index in [1.54, 1.807) is 5.57 Å². The van der Waals surface area contributed by atoms with Crippen molar-refractivity contribution in [3.8, 4) is 0 Å². The van der Waals surface area contributed by atoms with Gasteiger partial charge >= 0.3 is 0 Å². The van der Waals surface area contributed by atoms with Crippen LogP contribution < -0.4 is 0 Å². The van der Waals surface area contributed by atoms with E-state index in [9.17, 15) is 0 Å². The van der Waals surface area contributed by atoms with E-state index in [2.05, 4.69) is 34.6 Å². The standard InChI is InChI=1S/C23H40.H2/c1-15-6-8-20(9-7-15)21-10-11-23(18(4)14-21)22-12-16(2)19(5)17(3)13-22;/h15-17,19-22H,6-14H2,1-5H3;1H. The zero-order valence-electron chi connectivity index (χ0n) is 16.4. The summed E-state index contributed by atoms with van der Waals surface area (Å²) in [6.45, 7) is 12.4. The molecular weight excluding hydrogens is 276 g/mol. The minimum Gasteiger partial charge on any atom is -0.0736 e. The number of allylic oxidation sites excluding steroid dienone is 2. The minimum absolute atomic E-state index is 0. The molecule has 3 aliphatic rings. The summed E-state index contributed by atoms with van der Waals surface area (Å²) >= 11 is 0. The van der Waals surface area contributed by atoms with E-state index in [0.717, 1.165) is 41.4 Å². The summed E-state index contributed by atoms with van der Waals surface area (Å²) in [5, 5.41) is 0. The molecule has 0 aromatic rings. The molecule has 0 heteroatoms. The summed E-state index contributed by atoms with van der Waals surface area (Å²) in [5.41, 5.74) is 3.70. The first kappa shape index (κ1) is 17.6. The van der Waals surface area contributed by atoms with Crippen LogP contribution in [0.25, 0.3) is 0 Å². The molecule has 3 aliphatic carbocycles. The Bertz CT molecular complexity index is 417. The van der Waals surface area contributed by atoms with Gasteiger partial charge in [0.1, 0.15) is 0 Å². The van der Waals surface area contributed by atoms with E-state index in [1.807, 2.05) is 5.57 Å². The summed E-state index contributed by atoms with van der Waals surface area (Å²) in [6.07, 6.45) is 13.3. The number of rotatable bonds is 2. The van der Waals surface area contributed by atoms with Gasteiger partial charge in [-0.25, -0.2) is 0 Å². The van der Waals surface area contributed by atoms with Crippen molar-refractivity contribution in [2.75, 3.05) is 0 Å². The van der Waals surface area contributed by atoms with Crippen molar-refractivity contribution in [2.24, 2.45) is 41.4 Å². The van der Waals surface area contributed by atoms with Gasteiger partial charge in [-0.15, -0.1) is 0 Å². The second-order valence-electron chi connectivity index (χ2n) is 9.81. The Morgan fingerprint density at radius 2 is 1.39 bits per heavy atom. The molecule has 0 aromatic heterocycles. The SMILES string of the molecule is CC1=C(C2CC(C)C(C)C(C)C2)CCC(C2CCC(C)CC2)C1.[HH]. The van der Waals surface area contributed by atoms with Crippen molar-refractivity contribution in [1.29, 1.82) is 0 Å². The maximum Gasteiger partial charge on any atom is 0 e. The molecule has 2 fully saturated rings. The second-order valence-corrected chi connectivity index (χ2v) is 9.81. The van der Waals surface area contributed by atoms with Crippen molar-refractivity contribution >= 4 is 0 Å². The highest BCUT2D eigenvalue weighted by molar-refractivity contribution is 5.20. The molecule has 23 heavy (non-hydrogen) atoms. The first-order valence-electron chi connectivity index (χ1n) is 10.6. The lowest BCUT2D eigenvalue weighted by atomic mass is 9.64. The fourth-order valence-electron chi connectivity index (χ4n) is 6.16. The Labute approximate surface area is 147 Å². The van der Waals surface area contributed by atoms with Crippen LogP contribution >= 0.6 is 0 Å². The van der Waals surface area contributed by atoms with Gasteiger partial charge in [-0.3, -0.25) is 0 Å². The average molecular weight is 319 g/mol. The molecule has 0 nitrogen and oxygen atoms in total. The van der Waals surface area contributed by atoms with Gasteiger partial charge in [0.05, 0.1) is 0 Å². The van der Waals surface area contributed by atoms with Gasteiger partial charge in [0.25, 0.3) is 0 Å². The normalized spacial score (nSPS) is 46.0. The molecular formula is C23H42. The molecule has 0 N–H and O–H groups in total. The van der Waals surface area contributed by atoms with Gasteiger partial charge in [0, 0.05) is 1.43 Å². The topological polar surface area (TPSA) is 0 Å². The molecule has 2 saturated carbocycles. The van der Waals surface area contributed by atoms with Crippen LogP contribution in [0, 0.1) is 41.4 Å². The largest absolute Gasteiger partial charge is 0.0736 e. The smallest absolute Gasteiger partial charge is 0 e. The fourth-order valence-corrected chi connectivity index (χ4v) is 6.16. The molecule has 134 valence electrons. The predicted octanol–water partition coefficient (Wildman–Crippen LogP) is 7.49. The highest BCUT2D eigenvalue weighted by Crippen LogP contribution is 2.47. The third-order valence-corrected chi connectivity index (χ3v) is 8.23. The number of hydrogen-bond donors (Lipinski definition) is 0. The molecule has 0 aliphatic heterocycles. The van der Waals surface area contributed by atoms with Gasteiger partial charge in [-0.2, -0.15) is 0 Å². The molecule has 0 amide bonds. The lowest BCUT2D eigenvalue weighted by Gasteiger charge is -2.42. The second kappa shape index (κ2) is 7.32. The lowest BCUT2D eigenvalue weighted by Crippen LogP contribution is -2.31. The van der Waals surface area contributed by atoms with E-state index in [1.165, 1.54) is 57.8 Å². The Morgan fingerprint density at radius 1 is 0.783 bits per heavy atom. The molecule has 0 heterocycles. The van der Waals surface area contributed by atoms with Crippen molar-refractivity contribution in [1.82, 2.24) is 0 Å². The summed E-state index contributed by atoms with van der Waals surface area (Å²) in [7, 11) is 0. The predicted molar refractivity (Wildman–Crippen MR) is 103 cm³/mol. The third-order valence-electron chi connectivity index (χ3n) is 8.23. The first-order valence-corrected chi connectivity index (χ1v) is 10.6. The van der Waals surface area contributed by atoms with Gasteiger partial charge in [0.2, 0.25) is 0 Å². The van der Waals surface area contributed by atoms with E-state index >= 15 is 0 Å². The maximum atomic E-state index is 2.50. The monoisotopic (exact) mass is 318 g/mol. The Kier molecular flexibility index (Phi) is 5.59. The molecule has 0 radical (unpaired) electrons. The Balaban J connectivity index is 0.00000208. The van der Waals surface area contributed by atoms with Crippen molar-refractivity contribution in [3.05, 3.63) is 11.1 Å². The lowest BCUT2D eigenvalue weighted by molar-refractivity contribution is 0.148. The molecule has 0 aromatic carbocycles. The van der Waals surface area contributed by atoms with Crippen LogP contribution in [-0.2, 0) is 0 Å². The van der Waals surface area contributed by atoms with Crippen molar-refractivity contribution in [3.63, 3.8) is 0 Å². The van der Waals surface area contributed by atoms with Crippen LogP contribution in [0.2, 0.25) is 0 Å². The Hall–Kier alpha value is -0.260. The van der Waals surface area contributed by atoms with Gasteiger partial charge in [0.15, 0.2) is 0 Å². The summed E-state index contributed by atoms with van der Waals surface area (Å²) < 4.78 is 0. The molecule has 3 atom stereocenters.